The summed E-state index contributed by atoms with van der Waals surface area (Å²) in [5.41, 5.74) is -1.08. The highest BCUT2D eigenvalue weighted by atomic mass is 19.1. The summed E-state index contributed by atoms with van der Waals surface area (Å²) in [6.07, 6.45) is 2.66. The molecular formula is C31H37F2N3O6. The van der Waals surface area contributed by atoms with Gasteiger partial charge in [-0.1, -0.05) is 30.3 Å². The first-order chi connectivity index (χ1) is 19.8. The number of nitrogens with one attached hydrogen (secondary N) is 2. The van der Waals surface area contributed by atoms with Crippen LogP contribution in [0.1, 0.15) is 74.7 Å². The fourth-order valence-electron chi connectivity index (χ4n) is 5.82. The Kier molecular flexibility index (Phi) is 9.48. The van der Waals surface area contributed by atoms with Gasteiger partial charge in [-0.05, 0) is 70.4 Å². The zero-order valence-electron chi connectivity index (χ0n) is 24.0. The zero-order chi connectivity index (χ0) is 30.6. The van der Waals surface area contributed by atoms with Crippen molar-refractivity contribution in [3.05, 3.63) is 65.2 Å². The molecule has 0 aromatic heterocycles. The fraction of sp³-hybridized carbons (Fsp3) is 0.484. The van der Waals surface area contributed by atoms with Crippen LogP contribution < -0.4 is 10.6 Å². The number of carbonyl (C=O) groups is 4. The van der Waals surface area contributed by atoms with E-state index in [2.05, 4.69) is 10.6 Å². The summed E-state index contributed by atoms with van der Waals surface area (Å²) in [6, 6.07) is 9.44. The Bertz CT molecular complexity index is 1320. The largest absolute Gasteiger partial charge is 0.478 e. The number of benzene rings is 2. The number of carboxylic acid groups (broad SMARTS) is 1. The number of halogens is 2. The number of ether oxygens (including phenoxy) is 1. The van der Waals surface area contributed by atoms with Crippen molar-refractivity contribution in [3.63, 3.8) is 0 Å². The average molecular weight is 586 g/mol. The van der Waals surface area contributed by atoms with Crippen LogP contribution in [0.5, 0.6) is 0 Å². The monoisotopic (exact) mass is 585 g/mol. The van der Waals surface area contributed by atoms with Crippen molar-refractivity contribution in [1.82, 2.24) is 10.2 Å². The second kappa shape index (κ2) is 12.9. The molecule has 2 fully saturated rings. The number of hydrogen-bond donors (Lipinski definition) is 3. The molecule has 3 amide bonds. The molecule has 2 aromatic carbocycles. The molecule has 42 heavy (non-hydrogen) atoms. The van der Waals surface area contributed by atoms with Crippen LogP contribution in [0.3, 0.4) is 0 Å². The Morgan fingerprint density at radius 1 is 0.976 bits per heavy atom. The van der Waals surface area contributed by atoms with Gasteiger partial charge in [0.25, 0.3) is 0 Å². The molecule has 1 aliphatic heterocycles. The minimum Gasteiger partial charge on any atom is -0.478 e. The lowest BCUT2D eigenvalue weighted by Gasteiger charge is -2.34. The maximum Gasteiger partial charge on any atom is 0.407 e. The molecule has 0 radical (unpaired) electrons. The summed E-state index contributed by atoms with van der Waals surface area (Å²) in [5.74, 6) is -5.22. The van der Waals surface area contributed by atoms with Gasteiger partial charge in [0.2, 0.25) is 11.8 Å². The van der Waals surface area contributed by atoms with E-state index in [1.165, 1.54) is 4.90 Å². The van der Waals surface area contributed by atoms with Crippen molar-refractivity contribution >= 4 is 29.6 Å². The Morgan fingerprint density at radius 3 is 2.26 bits per heavy atom. The maximum absolute atomic E-state index is 14.7. The van der Waals surface area contributed by atoms with Crippen LogP contribution in [0, 0.1) is 23.5 Å². The van der Waals surface area contributed by atoms with Gasteiger partial charge in [-0.25, -0.2) is 18.4 Å². The van der Waals surface area contributed by atoms with E-state index in [9.17, 15) is 28.0 Å². The van der Waals surface area contributed by atoms with Gasteiger partial charge in [0.15, 0.2) is 0 Å². The van der Waals surface area contributed by atoms with Gasteiger partial charge in [0, 0.05) is 31.0 Å². The van der Waals surface area contributed by atoms with Crippen molar-refractivity contribution in [2.75, 3.05) is 18.4 Å². The van der Waals surface area contributed by atoms with Crippen LogP contribution in [0.15, 0.2) is 42.5 Å². The van der Waals surface area contributed by atoms with Crippen LogP contribution in [0.2, 0.25) is 0 Å². The molecular weight excluding hydrogens is 548 g/mol. The number of likely N-dealkylation sites (tertiary alicyclic amines) is 1. The lowest BCUT2D eigenvalue weighted by atomic mass is 9.81. The van der Waals surface area contributed by atoms with E-state index in [0.717, 1.165) is 18.4 Å². The van der Waals surface area contributed by atoms with E-state index in [1.54, 1.807) is 20.8 Å². The third kappa shape index (κ3) is 7.43. The van der Waals surface area contributed by atoms with E-state index >= 15 is 0 Å². The van der Waals surface area contributed by atoms with Gasteiger partial charge in [0.1, 0.15) is 23.3 Å². The highest BCUT2D eigenvalue weighted by molar-refractivity contribution is 5.99. The van der Waals surface area contributed by atoms with Gasteiger partial charge >= 0.3 is 12.1 Å². The molecule has 0 bridgehead atoms. The summed E-state index contributed by atoms with van der Waals surface area (Å²) < 4.78 is 34.3. The third-order valence-corrected chi connectivity index (χ3v) is 7.85. The standard InChI is InChI=1S/C31H37F2N3O6/c1-31(2,3)42-30(41)34-17-18-9-11-20(12-10-18)28(38)36-14-13-21(19-7-5-4-6-8-19)26(36)27(37)35-25-16-23(32)22(29(39)40)15-24(25)33/h4-8,15-16,18,20-21,26H,9-14,17H2,1-3H3,(H,34,41)(H,35,37)(H,39,40)/t18-,20-,21-,26+/m1/s1. The molecule has 9 nitrogen and oxygen atoms in total. The molecule has 2 atom stereocenters. The Morgan fingerprint density at radius 2 is 1.64 bits per heavy atom. The summed E-state index contributed by atoms with van der Waals surface area (Å²) in [4.78, 5) is 52.1. The van der Waals surface area contributed by atoms with Crippen LogP contribution in [0.25, 0.3) is 0 Å². The number of amides is 3. The number of alkyl carbamates (subject to hydrolysis) is 1. The predicted octanol–water partition coefficient (Wildman–Crippen LogP) is 5.32. The molecule has 226 valence electrons. The van der Waals surface area contributed by atoms with Gasteiger partial charge in [0.05, 0.1) is 11.3 Å². The van der Waals surface area contributed by atoms with Gasteiger partial charge < -0.3 is 25.4 Å². The summed E-state index contributed by atoms with van der Waals surface area (Å²) in [7, 11) is 0. The minimum absolute atomic E-state index is 0.167. The lowest BCUT2D eigenvalue weighted by Crippen LogP contribution is -2.48. The van der Waals surface area contributed by atoms with Crippen molar-refractivity contribution in [3.8, 4) is 0 Å². The van der Waals surface area contributed by atoms with Gasteiger partial charge in [-0.15, -0.1) is 0 Å². The van der Waals surface area contributed by atoms with E-state index < -0.39 is 52.5 Å². The highest BCUT2D eigenvalue weighted by Gasteiger charge is 2.44. The number of carboxylic acids is 1. The number of nitrogens with zero attached hydrogens (tertiary/aromatic N) is 1. The van der Waals surface area contributed by atoms with Crippen LogP contribution in [-0.4, -0.2) is 58.6 Å². The molecule has 2 aromatic rings. The summed E-state index contributed by atoms with van der Waals surface area (Å²) in [6.45, 7) is 6.15. The van der Waals surface area contributed by atoms with Crippen molar-refractivity contribution < 1.29 is 37.8 Å². The quantitative estimate of drug-likeness (QED) is 0.404. The number of aromatic carboxylic acids is 1. The Labute approximate surface area is 243 Å². The van der Waals surface area contributed by atoms with E-state index in [0.29, 0.717) is 44.5 Å². The predicted molar refractivity (Wildman–Crippen MR) is 151 cm³/mol. The normalized spacial score (nSPS) is 22.4. The number of rotatable bonds is 7. The number of hydrogen-bond acceptors (Lipinski definition) is 5. The van der Waals surface area contributed by atoms with Crippen molar-refractivity contribution in [2.24, 2.45) is 11.8 Å². The summed E-state index contributed by atoms with van der Waals surface area (Å²) >= 11 is 0. The molecule has 0 spiro atoms. The second-order valence-electron chi connectivity index (χ2n) is 12.0. The topological polar surface area (TPSA) is 125 Å². The first-order valence-corrected chi connectivity index (χ1v) is 14.2. The molecule has 11 heteroatoms. The zero-order valence-corrected chi connectivity index (χ0v) is 24.0. The third-order valence-electron chi connectivity index (χ3n) is 7.85. The van der Waals surface area contributed by atoms with E-state index in [1.807, 2.05) is 30.3 Å². The first kappa shape index (κ1) is 30.9. The molecule has 0 unspecified atom stereocenters. The van der Waals surface area contributed by atoms with Gasteiger partial charge in [-0.2, -0.15) is 0 Å². The average Bonchev–Trinajstić information content (AvgIpc) is 3.38. The van der Waals surface area contributed by atoms with Gasteiger partial charge in [-0.3, -0.25) is 9.59 Å². The number of carbonyl (C=O) groups excluding carboxylic acids is 3. The van der Waals surface area contributed by atoms with Crippen LogP contribution in [0.4, 0.5) is 19.3 Å². The fourth-order valence-corrected chi connectivity index (χ4v) is 5.82. The molecule has 1 saturated carbocycles. The minimum atomic E-state index is -1.63. The second-order valence-corrected chi connectivity index (χ2v) is 12.0. The molecule has 3 N–H and O–H groups in total. The highest BCUT2D eigenvalue weighted by Crippen LogP contribution is 2.38. The van der Waals surface area contributed by atoms with Crippen molar-refractivity contribution in [2.45, 2.75) is 70.4 Å². The SMILES string of the molecule is CC(C)(C)OC(=O)NC[C@H]1CC[C@H](C(=O)N2CC[C@H](c3ccccc3)[C@H]2C(=O)Nc2cc(F)c(C(=O)O)cc2F)CC1. The van der Waals surface area contributed by atoms with Crippen LogP contribution >= 0.6 is 0 Å². The van der Waals surface area contributed by atoms with Crippen LogP contribution in [-0.2, 0) is 14.3 Å². The molecule has 2 aliphatic rings. The molecule has 4 rings (SSSR count). The van der Waals surface area contributed by atoms with Crippen molar-refractivity contribution in [1.29, 1.82) is 0 Å². The number of anilines is 1. The van der Waals surface area contributed by atoms with E-state index in [-0.39, 0.29) is 23.7 Å². The first-order valence-electron chi connectivity index (χ1n) is 14.2. The Hall–Kier alpha value is -4.02. The summed E-state index contributed by atoms with van der Waals surface area (Å²) in [5, 5.41) is 14.3. The maximum atomic E-state index is 14.7. The molecule has 1 saturated heterocycles. The van der Waals surface area contributed by atoms with E-state index in [4.69, 9.17) is 9.84 Å². The lowest BCUT2D eigenvalue weighted by molar-refractivity contribution is -0.141. The smallest absolute Gasteiger partial charge is 0.407 e. The molecule has 1 aliphatic carbocycles. The Balaban J connectivity index is 1.46. The molecule has 1 heterocycles.